The van der Waals surface area contributed by atoms with Crippen molar-refractivity contribution in [3.63, 3.8) is 0 Å². The number of benzene rings is 1. The van der Waals surface area contributed by atoms with Gasteiger partial charge in [0.25, 0.3) is 5.91 Å². The lowest BCUT2D eigenvalue weighted by Gasteiger charge is -2.29. The van der Waals surface area contributed by atoms with E-state index in [1.54, 1.807) is 18.3 Å². The number of carboxylic acids is 1. The molecule has 2 aromatic heterocycles. The van der Waals surface area contributed by atoms with Crippen LogP contribution in [0, 0.1) is 0 Å². The Balaban J connectivity index is 0.000000493. The van der Waals surface area contributed by atoms with Crippen molar-refractivity contribution in [2.24, 2.45) is 0 Å². The molecule has 41 heavy (non-hydrogen) atoms. The van der Waals surface area contributed by atoms with Crippen molar-refractivity contribution in [1.29, 1.82) is 0 Å². The highest BCUT2D eigenvalue weighted by atomic mass is 19.4. The summed E-state index contributed by atoms with van der Waals surface area (Å²) in [6.07, 6.45) is -5.83. The Bertz CT molecular complexity index is 1380. The number of nitrogens with one attached hydrogen (secondary N) is 3. The molecule has 0 spiro atoms. The molecule has 11 nitrogen and oxygen atoms in total. The van der Waals surface area contributed by atoms with Crippen LogP contribution in [0.4, 0.5) is 43.5 Å². The minimum atomic E-state index is -5.08. The van der Waals surface area contributed by atoms with E-state index < -0.39 is 29.8 Å². The van der Waals surface area contributed by atoms with Gasteiger partial charge in [-0.15, -0.1) is 0 Å². The lowest BCUT2D eigenvalue weighted by atomic mass is 10.1. The zero-order valence-corrected chi connectivity index (χ0v) is 21.2. The molecule has 1 atom stereocenters. The maximum Gasteiger partial charge on any atom is 0.490 e. The van der Waals surface area contributed by atoms with Crippen molar-refractivity contribution >= 4 is 34.7 Å². The van der Waals surface area contributed by atoms with Crippen molar-refractivity contribution in [2.45, 2.75) is 24.8 Å². The molecule has 222 valence electrons. The van der Waals surface area contributed by atoms with Crippen LogP contribution in [0.25, 0.3) is 5.65 Å². The first-order valence-electron chi connectivity index (χ1n) is 12.3. The number of morpholine rings is 1. The number of alkyl halides is 6. The first-order chi connectivity index (χ1) is 19.3. The number of hydrogen-bond acceptors (Lipinski definition) is 8. The summed E-state index contributed by atoms with van der Waals surface area (Å²) >= 11 is 0. The smallest absolute Gasteiger partial charge is 0.475 e. The Hall–Kier alpha value is -4.12. The van der Waals surface area contributed by atoms with E-state index in [9.17, 15) is 31.1 Å². The highest BCUT2D eigenvalue weighted by molar-refractivity contribution is 6.08. The third-order valence-electron chi connectivity index (χ3n) is 6.20. The van der Waals surface area contributed by atoms with E-state index in [0.29, 0.717) is 37.8 Å². The summed E-state index contributed by atoms with van der Waals surface area (Å²) in [4.78, 5) is 28.2. The summed E-state index contributed by atoms with van der Waals surface area (Å²) in [5.41, 5.74) is -0.459. The molecule has 17 heteroatoms. The summed E-state index contributed by atoms with van der Waals surface area (Å²) in [7, 11) is 0. The molecular weight excluding hydrogens is 564 g/mol. The Morgan fingerprint density at radius 1 is 1.10 bits per heavy atom. The van der Waals surface area contributed by atoms with Crippen LogP contribution in [0.5, 0.6) is 0 Å². The molecule has 0 radical (unpaired) electrons. The quantitative estimate of drug-likeness (QED) is 0.331. The predicted molar refractivity (Wildman–Crippen MR) is 134 cm³/mol. The van der Waals surface area contributed by atoms with Gasteiger partial charge in [0.1, 0.15) is 11.4 Å². The number of rotatable bonds is 5. The maximum atomic E-state index is 13.9. The number of aliphatic carboxylic acids is 1. The Labute approximate surface area is 228 Å². The predicted octanol–water partition coefficient (Wildman–Crippen LogP) is 3.24. The minimum absolute atomic E-state index is 0.0820. The van der Waals surface area contributed by atoms with Crippen molar-refractivity contribution in [3.8, 4) is 0 Å². The molecule has 0 saturated carbocycles. The second kappa shape index (κ2) is 12.2. The zero-order chi connectivity index (χ0) is 29.8. The van der Waals surface area contributed by atoms with Crippen molar-refractivity contribution in [2.75, 3.05) is 54.9 Å². The summed E-state index contributed by atoms with van der Waals surface area (Å²) in [6, 6.07) is 5.88. The van der Waals surface area contributed by atoms with Gasteiger partial charge in [-0.2, -0.15) is 31.4 Å². The van der Waals surface area contributed by atoms with Crippen LogP contribution in [0.1, 0.15) is 22.3 Å². The first-order valence-corrected chi connectivity index (χ1v) is 12.3. The number of anilines is 3. The third kappa shape index (κ3) is 7.55. The molecular formula is C24H25F6N7O4. The number of carbonyl (C=O) groups is 2. The molecule has 4 heterocycles. The molecule has 2 aliphatic rings. The summed E-state index contributed by atoms with van der Waals surface area (Å²) < 4.78 is 80.0. The number of nitrogens with zero attached hydrogens (tertiary/aromatic N) is 4. The highest BCUT2D eigenvalue weighted by Gasteiger charge is 2.38. The van der Waals surface area contributed by atoms with Gasteiger partial charge in [0, 0.05) is 37.6 Å². The molecule has 0 bridgehead atoms. The Morgan fingerprint density at radius 3 is 2.41 bits per heavy atom. The second-order valence-corrected chi connectivity index (χ2v) is 9.06. The molecule has 1 amide bonds. The molecule has 2 aliphatic heterocycles. The number of carboxylic acid groups (broad SMARTS) is 1. The van der Waals surface area contributed by atoms with Gasteiger partial charge in [-0.1, -0.05) is 0 Å². The molecule has 0 aliphatic carbocycles. The monoisotopic (exact) mass is 589 g/mol. The topological polar surface area (TPSA) is 133 Å². The standard InChI is InChI=1S/C22H24F3N7O2.C2HF3O2/c23-22(24,25)17-11-15(31-7-9-34-10-8-31)1-2-18(17)29-21(33)16-13-27-32-6-4-19(30-20(16)32)28-14-3-5-26-12-14;3-2(4,5)1(6)7/h1-2,4,6,11,13-14,26H,3,5,7-10,12H2,(H,28,30)(H,29,33);(H,6,7)/t14-;/m1./s1. The van der Waals surface area contributed by atoms with Gasteiger partial charge in [-0.05, 0) is 37.2 Å². The molecule has 4 N–H and O–H groups in total. The van der Waals surface area contributed by atoms with Gasteiger partial charge in [0.05, 0.1) is 30.7 Å². The lowest BCUT2D eigenvalue weighted by Crippen LogP contribution is -2.36. The van der Waals surface area contributed by atoms with Gasteiger partial charge >= 0.3 is 18.3 Å². The van der Waals surface area contributed by atoms with Crippen LogP contribution in [0.15, 0.2) is 36.7 Å². The van der Waals surface area contributed by atoms with Gasteiger partial charge < -0.3 is 30.7 Å². The van der Waals surface area contributed by atoms with Crippen LogP contribution in [-0.2, 0) is 15.7 Å². The van der Waals surface area contributed by atoms with E-state index in [2.05, 4.69) is 26.0 Å². The minimum Gasteiger partial charge on any atom is -0.475 e. The van der Waals surface area contributed by atoms with Crippen molar-refractivity contribution in [3.05, 3.63) is 47.8 Å². The molecule has 5 rings (SSSR count). The normalized spacial score (nSPS) is 17.6. The molecule has 0 unspecified atom stereocenters. The van der Waals surface area contributed by atoms with E-state index in [0.717, 1.165) is 25.6 Å². The summed E-state index contributed by atoms with van der Waals surface area (Å²) in [6.45, 7) is 3.63. The fourth-order valence-corrected chi connectivity index (χ4v) is 4.18. The van der Waals surface area contributed by atoms with Gasteiger partial charge in [-0.25, -0.2) is 14.3 Å². The fraction of sp³-hybridized carbons (Fsp3) is 0.417. The average molecular weight is 589 g/mol. The number of amides is 1. The number of ether oxygens (including phenoxy) is 1. The number of halogens is 6. The fourth-order valence-electron chi connectivity index (χ4n) is 4.18. The Morgan fingerprint density at radius 2 is 1.80 bits per heavy atom. The molecule has 1 aromatic carbocycles. The third-order valence-corrected chi connectivity index (χ3v) is 6.20. The average Bonchev–Trinajstić information content (AvgIpc) is 3.58. The molecule has 2 fully saturated rings. The summed E-state index contributed by atoms with van der Waals surface area (Å²) in [5.74, 6) is -2.90. The van der Waals surface area contributed by atoms with Gasteiger partial charge in [-0.3, -0.25) is 4.79 Å². The highest BCUT2D eigenvalue weighted by Crippen LogP contribution is 2.38. The second-order valence-electron chi connectivity index (χ2n) is 9.06. The van der Waals surface area contributed by atoms with Crippen molar-refractivity contribution in [1.82, 2.24) is 19.9 Å². The van der Waals surface area contributed by atoms with Crippen LogP contribution in [-0.4, -0.2) is 83.2 Å². The number of aromatic nitrogens is 3. The van der Waals surface area contributed by atoms with Crippen LogP contribution >= 0.6 is 0 Å². The maximum absolute atomic E-state index is 13.9. The van der Waals surface area contributed by atoms with Crippen molar-refractivity contribution < 1.29 is 45.8 Å². The van der Waals surface area contributed by atoms with Gasteiger partial charge in [0.2, 0.25) is 0 Å². The van der Waals surface area contributed by atoms with E-state index in [1.807, 2.05) is 4.90 Å². The first kappa shape index (κ1) is 29.9. The molecule has 3 aromatic rings. The van der Waals surface area contributed by atoms with E-state index >= 15 is 0 Å². The number of fused-ring (bicyclic) bond motifs is 1. The van der Waals surface area contributed by atoms with Crippen LogP contribution < -0.4 is 20.9 Å². The van der Waals surface area contributed by atoms with E-state index in [4.69, 9.17) is 14.6 Å². The number of carbonyl (C=O) groups excluding carboxylic acids is 1. The van der Waals surface area contributed by atoms with Crippen LogP contribution in [0.2, 0.25) is 0 Å². The summed E-state index contributed by atoms with van der Waals surface area (Å²) in [5, 5.41) is 20.2. The number of hydrogen-bond donors (Lipinski definition) is 4. The van der Waals surface area contributed by atoms with E-state index in [-0.39, 0.29) is 22.9 Å². The SMILES string of the molecule is O=C(Nc1ccc(N2CCOCC2)cc1C(F)(F)F)c1cnn2ccc(N[C@@H]3CCNC3)nc12.O=C(O)C(F)(F)F. The van der Waals surface area contributed by atoms with Crippen LogP contribution in [0.3, 0.4) is 0 Å². The van der Waals surface area contributed by atoms with Gasteiger partial charge in [0.15, 0.2) is 5.65 Å². The lowest BCUT2D eigenvalue weighted by molar-refractivity contribution is -0.192. The molecule has 2 saturated heterocycles. The van der Waals surface area contributed by atoms with E-state index in [1.165, 1.54) is 16.8 Å². The largest absolute Gasteiger partial charge is 0.490 e. The zero-order valence-electron chi connectivity index (χ0n) is 21.2. The Kier molecular flexibility index (Phi) is 8.86.